The van der Waals surface area contributed by atoms with E-state index < -0.39 is 0 Å². The maximum atomic E-state index is 5.15. The van der Waals surface area contributed by atoms with E-state index in [-0.39, 0.29) is 0 Å². The fourth-order valence-corrected chi connectivity index (χ4v) is 1.40. The highest BCUT2D eigenvalue weighted by Gasteiger charge is 2.00. The molecule has 0 spiro atoms. The number of methoxy groups -OCH3 is 1. The first-order valence-electron chi connectivity index (χ1n) is 4.79. The number of ether oxygens (including phenoxy) is 1. The fourth-order valence-electron chi connectivity index (χ4n) is 1.40. The number of aromatic amines is 1. The van der Waals surface area contributed by atoms with Gasteiger partial charge in [-0.1, -0.05) is 12.1 Å². The molecule has 1 aromatic carbocycles. The van der Waals surface area contributed by atoms with E-state index in [1.165, 1.54) is 5.56 Å². The van der Waals surface area contributed by atoms with Crippen LogP contribution in [0.4, 0.5) is 0 Å². The number of nitrogens with one attached hydrogen (secondary N) is 1. The lowest BCUT2D eigenvalue weighted by Gasteiger charge is -2.02. The van der Waals surface area contributed by atoms with Crippen LogP contribution >= 0.6 is 0 Å². The van der Waals surface area contributed by atoms with E-state index in [0.29, 0.717) is 0 Å². The van der Waals surface area contributed by atoms with Crippen molar-refractivity contribution in [3.63, 3.8) is 0 Å². The SMILES string of the molecule is COc1cccc(CCc2n[c][nH]n2)c1. The molecule has 1 heterocycles. The Hall–Kier alpha value is -1.84. The molecule has 1 N–H and O–H groups in total. The summed E-state index contributed by atoms with van der Waals surface area (Å²) in [6, 6.07) is 8.01. The van der Waals surface area contributed by atoms with E-state index in [2.05, 4.69) is 27.6 Å². The zero-order valence-electron chi connectivity index (χ0n) is 8.53. The molecule has 0 amide bonds. The summed E-state index contributed by atoms with van der Waals surface area (Å²) in [4.78, 5) is 3.95. The third-order valence-electron chi connectivity index (χ3n) is 2.19. The first kappa shape index (κ1) is 9.71. The van der Waals surface area contributed by atoms with Crippen molar-refractivity contribution in [2.75, 3.05) is 7.11 Å². The number of rotatable bonds is 4. The molecule has 0 atom stereocenters. The summed E-state index contributed by atoms with van der Waals surface area (Å²) in [5.74, 6) is 1.67. The highest BCUT2D eigenvalue weighted by molar-refractivity contribution is 5.28. The van der Waals surface area contributed by atoms with Gasteiger partial charge >= 0.3 is 0 Å². The molecule has 0 fully saturated rings. The number of nitrogens with zero attached hydrogens (tertiary/aromatic N) is 2. The number of aryl methyl sites for hydroxylation is 2. The molecule has 2 rings (SSSR count). The molecule has 77 valence electrons. The molecule has 0 unspecified atom stereocenters. The number of hydrogen-bond acceptors (Lipinski definition) is 3. The molecule has 0 aliphatic heterocycles. The topological polar surface area (TPSA) is 50.8 Å². The molecule has 15 heavy (non-hydrogen) atoms. The van der Waals surface area contributed by atoms with Gasteiger partial charge in [0.25, 0.3) is 0 Å². The van der Waals surface area contributed by atoms with Crippen LogP contribution in [0, 0.1) is 6.33 Å². The summed E-state index contributed by atoms with van der Waals surface area (Å²) in [6.07, 6.45) is 4.30. The zero-order chi connectivity index (χ0) is 10.5. The van der Waals surface area contributed by atoms with Gasteiger partial charge in [-0.05, 0) is 24.1 Å². The van der Waals surface area contributed by atoms with E-state index in [4.69, 9.17) is 4.74 Å². The predicted octanol–water partition coefficient (Wildman–Crippen LogP) is 1.40. The van der Waals surface area contributed by atoms with Gasteiger partial charge in [0.2, 0.25) is 0 Å². The van der Waals surface area contributed by atoms with Crippen LogP contribution in [0.3, 0.4) is 0 Å². The normalized spacial score (nSPS) is 10.2. The lowest BCUT2D eigenvalue weighted by Crippen LogP contribution is -1.94. The van der Waals surface area contributed by atoms with Crippen molar-refractivity contribution in [3.05, 3.63) is 42.0 Å². The Kier molecular flexibility index (Phi) is 2.97. The molecule has 2 aromatic rings. The van der Waals surface area contributed by atoms with Crippen molar-refractivity contribution in [2.45, 2.75) is 12.8 Å². The quantitative estimate of drug-likeness (QED) is 0.815. The third-order valence-corrected chi connectivity index (χ3v) is 2.19. The smallest absolute Gasteiger partial charge is 0.193 e. The molecule has 0 aliphatic carbocycles. The van der Waals surface area contributed by atoms with E-state index in [1.807, 2.05) is 18.2 Å². The molecule has 0 bridgehead atoms. The van der Waals surface area contributed by atoms with Crippen molar-refractivity contribution in [2.24, 2.45) is 0 Å². The molecule has 1 aromatic heterocycles. The van der Waals surface area contributed by atoms with E-state index in [0.717, 1.165) is 24.4 Å². The molecule has 0 saturated heterocycles. The van der Waals surface area contributed by atoms with Crippen LogP contribution in [-0.4, -0.2) is 22.3 Å². The summed E-state index contributed by atoms with van der Waals surface area (Å²) < 4.78 is 5.15. The Morgan fingerprint density at radius 1 is 1.40 bits per heavy atom. The minimum atomic E-state index is 0.790. The van der Waals surface area contributed by atoms with Gasteiger partial charge in [0.05, 0.1) is 7.11 Å². The maximum absolute atomic E-state index is 5.15. The van der Waals surface area contributed by atoms with Crippen LogP contribution < -0.4 is 4.74 Å². The maximum Gasteiger partial charge on any atom is 0.193 e. The average Bonchev–Trinajstić information content (AvgIpc) is 2.79. The number of hydrogen-bond donors (Lipinski definition) is 1. The first-order valence-corrected chi connectivity index (χ1v) is 4.79. The van der Waals surface area contributed by atoms with Crippen LogP contribution in [0.5, 0.6) is 5.75 Å². The van der Waals surface area contributed by atoms with Crippen molar-refractivity contribution < 1.29 is 4.74 Å². The first-order chi connectivity index (χ1) is 7.38. The molecule has 1 radical (unpaired) electrons. The molecule has 4 nitrogen and oxygen atoms in total. The van der Waals surface area contributed by atoms with Gasteiger partial charge in [-0.2, -0.15) is 5.10 Å². The number of benzene rings is 1. The van der Waals surface area contributed by atoms with Crippen LogP contribution in [0.2, 0.25) is 0 Å². The van der Waals surface area contributed by atoms with Gasteiger partial charge in [0, 0.05) is 6.42 Å². The highest BCUT2D eigenvalue weighted by atomic mass is 16.5. The standard InChI is InChI=1S/C11H12N3O/c1-15-10-4-2-3-9(7-10)5-6-11-12-8-13-14-11/h2-4,7H,5-6H2,1H3,(H,12,13,14). The third kappa shape index (κ3) is 2.56. The Bertz CT molecular complexity index is 412. The Balaban J connectivity index is 1.98. The van der Waals surface area contributed by atoms with Gasteiger partial charge in [0.15, 0.2) is 12.2 Å². The average molecular weight is 202 g/mol. The van der Waals surface area contributed by atoms with E-state index >= 15 is 0 Å². The van der Waals surface area contributed by atoms with Gasteiger partial charge in [0.1, 0.15) is 5.75 Å². The zero-order valence-corrected chi connectivity index (χ0v) is 8.53. The number of aromatic nitrogens is 3. The van der Waals surface area contributed by atoms with Crippen LogP contribution in [0.1, 0.15) is 11.4 Å². The lowest BCUT2D eigenvalue weighted by molar-refractivity contribution is 0.414. The Morgan fingerprint density at radius 2 is 2.33 bits per heavy atom. The van der Waals surface area contributed by atoms with E-state index in [9.17, 15) is 0 Å². The van der Waals surface area contributed by atoms with Gasteiger partial charge < -0.3 is 4.74 Å². The summed E-state index contributed by atoms with van der Waals surface area (Å²) in [7, 11) is 1.67. The minimum Gasteiger partial charge on any atom is -0.497 e. The summed E-state index contributed by atoms with van der Waals surface area (Å²) >= 11 is 0. The van der Waals surface area contributed by atoms with Gasteiger partial charge in [-0.25, -0.2) is 4.98 Å². The second-order valence-electron chi connectivity index (χ2n) is 3.21. The monoisotopic (exact) mass is 202 g/mol. The Morgan fingerprint density at radius 3 is 3.07 bits per heavy atom. The lowest BCUT2D eigenvalue weighted by atomic mass is 10.1. The molecule has 0 saturated carbocycles. The fraction of sp³-hybridized carbons (Fsp3) is 0.273. The van der Waals surface area contributed by atoms with Crippen molar-refractivity contribution in [1.82, 2.24) is 15.2 Å². The second-order valence-corrected chi connectivity index (χ2v) is 3.21. The van der Waals surface area contributed by atoms with Crippen molar-refractivity contribution in [1.29, 1.82) is 0 Å². The number of H-pyrrole nitrogens is 1. The molecule has 0 aliphatic rings. The second kappa shape index (κ2) is 4.59. The van der Waals surface area contributed by atoms with Crippen molar-refractivity contribution >= 4 is 0 Å². The summed E-state index contributed by atoms with van der Waals surface area (Å²) in [5, 5.41) is 6.53. The summed E-state index contributed by atoms with van der Waals surface area (Å²) in [5.41, 5.74) is 1.22. The van der Waals surface area contributed by atoms with E-state index in [1.54, 1.807) is 7.11 Å². The molecule has 4 heteroatoms. The van der Waals surface area contributed by atoms with Crippen molar-refractivity contribution in [3.8, 4) is 5.75 Å². The Labute approximate surface area is 88.3 Å². The summed E-state index contributed by atoms with van der Waals surface area (Å²) in [6.45, 7) is 0. The van der Waals surface area contributed by atoms with Gasteiger partial charge in [-0.3, -0.25) is 5.10 Å². The van der Waals surface area contributed by atoms with Gasteiger partial charge in [-0.15, -0.1) is 0 Å². The predicted molar refractivity (Wildman–Crippen MR) is 55.6 cm³/mol. The largest absolute Gasteiger partial charge is 0.497 e. The van der Waals surface area contributed by atoms with Crippen LogP contribution in [-0.2, 0) is 12.8 Å². The molecular formula is C11H12N3O. The minimum absolute atomic E-state index is 0.790. The van der Waals surface area contributed by atoms with Crippen LogP contribution in [0.25, 0.3) is 0 Å². The van der Waals surface area contributed by atoms with Crippen LogP contribution in [0.15, 0.2) is 24.3 Å². The molecular weight excluding hydrogens is 190 g/mol. The highest BCUT2D eigenvalue weighted by Crippen LogP contribution is 2.13.